The molecule has 21 heavy (non-hydrogen) atoms. The van der Waals surface area contributed by atoms with Gasteiger partial charge < -0.3 is 4.90 Å². The Hall–Kier alpha value is -1.00. The van der Waals surface area contributed by atoms with Gasteiger partial charge >= 0.3 is 0 Å². The molecule has 1 heterocycles. The zero-order chi connectivity index (χ0) is 15.2. The van der Waals surface area contributed by atoms with Gasteiger partial charge in [-0.2, -0.15) is 11.8 Å². The highest BCUT2D eigenvalue weighted by Gasteiger charge is 2.40. The average Bonchev–Trinajstić information content (AvgIpc) is 2.82. The average molecular weight is 306 g/mol. The minimum Gasteiger partial charge on any atom is -0.322 e. The lowest BCUT2D eigenvalue weighted by atomic mass is 10.1. The molecule has 1 saturated heterocycles. The molecule has 0 spiro atoms. The van der Waals surface area contributed by atoms with Crippen molar-refractivity contribution in [3.63, 3.8) is 0 Å². The summed E-state index contributed by atoms with van der Waals surface area (Å²) in [4.78, 5) is 14.7. The number of thioether (sulfide) groups is 1. The van der Waals surface area contributed by atoms with Crippen LogP contribution in [0, 0.1) is 5.92 Å². The predicted octanol–water partition coefficient (Wildman–Crippen LogP) is 3.28. The van der Waals surface area contributed by atoms with Crippen molar-refractivity contribution in [1.82, 2.24) is 10.2 Å². The lowest BCUT2D eigenvalue weighted by molar-refractivity contribution is -0.130. The van der Waals surface area contributed by atoms with E-state index in [1.165, 1.54) is 17.7 Å². The molecule has 0 aliphatic carbocycles. The van der Waals surface area contributed by atoms with Crippen LogP contribution in [0.1, 0.15) is 38.4 Å². The van der Waals surface area contributed by atoms with Crippen molar-refractivity contribution >= 4 is 17.7 Å². The zero-order valence-corrected chi connectivity index (χ0v) is 14.0. The quantitative estimate of drug-likeness (QED) is 0.785. The molecule has 1 aromatic carbocycles. The molecule has 4 heteroatoms. The lowest BCUT2D eigenvalue weighted by Gasteiger charge is -2.24. The van der Waals surface area contributed by atoms with Crippen LogP contribution in [0.3, 0.4) is 0 Å². The van der Waals surface area contributed by atoms with Crippen molar-refractivity contribution in [2.75, 3.05) is 18.6 Å². The van der Waals surface area contributed by atoms with Crippen LogP contribution in [0.5, 0.6) is 0 Å². The summed E-state index contributed by atoms with van der Waals surface area (Å²) >= 11 is 1.87. The Morgan fingerprint density at radius 3 is 2.57 bits per heavy atom. The van der Waals surface area contributed by atoms with Gasteiger partial charge in [0.15, 0.2) is 0 Å². The third-order valence-electron chi connectivity index (χ3n) is 3.98. The van der Waals surface area contributed by atoms with Crippen LogP contribution in [0.15, 0.2) is 30.3 Å². The summed E-state index contributed by atoms with van der Waals surface area (Å²) in [6.07, 6.45) is 4.39. The van der Waals surface area contributed by atoms with Gasteiger partial charge in [-0.05, 0) is 36.3 Å². The van der Waals surface area contributed by atoms with Crippen molar-refractivity contribution in [2.45, 2.75) is 38.9 Å². The molecule has 2 unspecified atom stereocenters. The number of hydrogen-bond donors (Lipinski definition) is 1. The van der Waals surface area contributed by atoms with E-state index in [0.29, 0.717) is 5.92 Å². The maximum Gasteiger partial charge on any atom is 0.241 e. The summed E-state index contributed by atoms with van der Waals surface area (Å²) in [7, 11) is 0. The first-order chi connectivity index (χ1) is 10.1. The Morgan fingerprint density at radius 2 is 1.95 bits per heavy atom. The van der Waals surface area contributed by atoms with Crippen molar-refractivity contribution in [3.8, 4) is 0 Å². The highest BCUT2D eigenvalue weighted by atomic mass is 32.2. The number of amides is 1. The Bertz CT molecular complexity index is 449. The molecule has 0 aromatic heterocycles. The fraction of sp³-hybridized carbons (Fsp3) is 0.588. The molecule has 3 nitrogen and oxygen atoms in total. The summed E-state index contributed by atoms with van der Waals surface area (Å²) in [5, 5.41) is 3.52. The first kappa shape index (κ1) is 16.4. The first-order valence-corrected chi connectivity index (χ1v) is 9.15. The molecule has 1 fully saturated rings. The molecule has 1 N–H and O–H groups in total. The number of nitrogens with one attached hydrogen (secondary N) is 1. The Labute approximate surface area is 132 Å². The number of benzene rings is 1. The molecule has 1 aliphatic rings. The second kappa shape index (κ2) is 7.85. The SMILES string of the molecule is CSCCCCN1C(=O)C(C(C)C)NC1c1ccccc1. The summed E-state index contributed by atoms with van der Waals surface area (Å²) in [5.74, 6) is 1.74. The third kappa shape index (κ3) is 4.01. The monoisotopic (exact) mass is 306 g/mol. The van der Waals surface area contributed by atoms with Gasteiger partial charge in [-0.3, -0.25) is 10.1 Å². The molecule has 2 atom stereocenters. The number of nitrogens with zero attached hydrogens (tertiary/aromatic N) is 1. The van der Waals surface area contributed by atoms with Crippen LogP contribution in [-0.4, -0.2) is 35.4 Å². The second-order valence-electron chi connectivity index (χ2n) is 5.93. The summed E-state index contributed by atoms with van der Waals surface area (Å²) in [5.41, 5.74) is 1.18. The van der Waals surface area contributed by atoms with Crippen molar-refractivity contribution < 1.29 is 4.79 Å². The van der Waals surface area contributed by atoms with Gasteiger partial charge in [0.05, 0.1) is 6.04 Å². The summed E-state index contributed by atoms with van der Waals surface area (Å²) in [6.45, 7) is 5.05. The molecule has 1 aliphatic heterocycles. The largest absolute Gasteiger partial charge is 0.322 e. The molecule has 0 saturated carbocycles. The zero-order valence-electron chi connectivity index (χ0n) is 13.2. The van der Waals surface area contributed by atoms with Gasteiger partial charge in [0, 0.05) is 6.54 Å². The van der Waals surface area contributed by atoms with Gasteiger partial charge in [-0.15, -0.1) is 0 Å². The van der Waals surface area contributed by atoms with Crippen molar-refractivity contribution in [1.29, 1.82) is 0 Å². The number of carbonyl (C=O) groups is 1. The highest BCUT2D eigenvalue weighted by molar-refractivity contribution is 7.98. The summed E-state index contributed by atoms with van der Waals surface area (Å²) < 4.78 is 0. The maximum absolute atomic E-state index is 12.7. The van der Waals surface area contributed by atoms with E-state index < -0.39 is 0 Å². The minimum absolute atomic E-state index is 0.0281. The molecule has 0 bridgehead atoms. The van der Waals surface area contributed by atoms with E-state index in [9.17, 15) is 4.79 Å². The van der Waals surface area contributed by atoms with Gasteiger partial charge in [-0.1, -0.05) is 44.2 Å². The molecule has 2 rings (SSSR count). The Balaban J connectivity index is 2.10. The van der Waals surface area contributed by atoms with Gasteiger partial charge in [0.25, 0.3) is 0 Å². The Morgan fingerprint density at radius 1 is 1.24 bits per heavy atom. The van der Waals surface area contributed by atoms with E-state index in [-0.39, 0.29) is 18.1 Å². The van der Waals surface area contributed by atoms with E-state index in [1.54, 1.807) is 0 Å². The minimum atomic E-state index is -0.0595. The maximum atomic E-state index is 12.7. The first-order valence-electron chi connectivity index (χ1n) is 7.75. The highest BCUT2D eigenvalue weighted by Crippen LogP contribution is 2.28. The van der Waals surface area contributed by atoms with Gasteiger partial charge in [0.2, 0.25) is 5.91 Å². The standard InChI is InChI=1S/C17H26N2OS/c1-13(2)15-17(20)19(11-7-8-12-21-3)16(18-15)14-9-5-4-6-10-14/h4-6,9-10,13,15-16,18H,7-8,11-12H2,1-3H3. The molecule has 116 valence electrons. The number of rotatable bonds is 7. The smallest absolute Gasteiger partial charge is 0.241 e. The van der Waals surface area contributed by atoms with E-state index >= 15 is 0 Å². The summed E-state index contributed by atoms with van der Waals surface area (Å²) in [6, 6.07) is 10.2. The van der Waals surface area contributed by atoms with Crippen LogP contribution in [-0.2, 0) is 4.79 Å². The van der Waals surface area contributed by atoms with E-state index in [0.717, 1.165) is 13.0 Å². The normalized spacial score (nSPS) is 22.3. The van der Waals surface area contributed by atoms with Crippen LogP contribution in [0.4, 0.5) is 0 Å². The van der Waals surface area contributed by atoms with Crippen molar-refractivity contribution in [2.24, 2.45) is 5.92 Å². The van der Waals surface area contributed by atoms with Crippen molar-refractivity contribution in [3.05, 3.63) is 35.9 Å². The van der Waals surface area contributed by atoms with Crippen LogP contribution < -0.4 is 5.32 Å². The fourth-order valence-corrected chi connectivity index (χ4v) is 3.29. The third-order valence-corrected chi connectivity index (χ3v) is 4.67. The van der Waals surface area contributed by atoms with Crippen LogP contribution in [0.2, 0.25) is 0 Å². The number of carbonyl (C=O) groups excluding carboxylic acids is 1. The molecule has 1 aromatic rings. The predicted molar refractivity (Wildman–Crippen MR) is 90.3 cm³/mol. The van der Waals surface area contributed by atoms with Gasteiger partial charge in [-0.25, -0.2) is 0 Å². The van der Waals surface area contributed by atoms with E-state index in [4.69, 9.17) is 0 Å². The lowest BCUT2D eigenvalue weighted by Crippen LogP contribution is -2.35. The molecular formula is C17H26N2OS. The van der Waals surface area contributed by atoms with Crippen LogP contribution >= 0.6 is 11.8 Å². The van der Waals surface area contributed by atoms with E-state index in [1.807, 2.05) is 34.9 Å². The molecule has 0 radical (unpaired) electrons. The van der Waals surface area contributed by atoms with Gasteiger partial charge in [0.1, 0.15) is 6.17 Å². The topological polar surface area (TPSA) is 32.3 Å². The fourth-order valence-electron chi connectivity index (χ4n) is 2.79. The molecule has 1 amide bonds. The van der Waals surface area contributed by atoms with Crippen LogP contribution in [0.25, 0.3) is 0 Å². The van der Waals surface area contributed by atoms with E-state index in [2.05, 4.69) is 37.6 Å². The second-order valence-corrected chi connectivity index (χ2v) is 6.92. The Kier molecular flexibility index (Phi) is 6.12. The number of hydrogen-bond acceptors (Lipinski definition) is 3. The molecular weight excluding hydrogens is 280 g/mol. The number of unbranched alkanes of at least 4 members (excludes halogenated alkanes) is 1.